The normalized spacial score (nSPS) is 14.3. The number of anilines is 1. The van der Waals surface area contributed by atoms with Gasteiger partial charge in [-0.25, -0.2) is 14.0 Å². The maximum absolute atomic E-state index is 12.2. The summed E-state index contributed by atoms with van der Waals surface area (Å²) in [6.45, 7) is 1.29. The topological polar surface area (TPSA) is 104 Å². The molecule has 1 fully saturated rings. The smallest absolute Gasteiger partial charge is 0.462 e. The molecule has 1 aliphatic rings. The van der Waals surface area contributed by atoms with Crippen LogP contribution in [0.2, 0.25) is 5.02 Å². The summed E-state index contributed by atoms with van der Waals surface area (Å²) in [4.78, 5) is 34.4. The lowest BCUT2D eigenvalue weighted by Gasteiger charge is -2.34. The number of rotatable bonds is 5. The van der Waals surface area contributed by atoms with Gasteiger partial charge in [0, 0.05) is 18.8 Å². The zero-order chi connectivity index (χ0) is 18.9. The number of ether oxygens (including phenoxy) is 1. The van der Waals surface area contributed by atoms with Gasteiger partial charge in [-0.2, -0.15) is 0 Å². The fourth-order valence-corrected chi connectivity index (χ4v) is 2.46. The van der Waals surface area contributed by atoms with Gasteiger partial charge in [-0.05, 0) is 18.2 Å². The van der Waals surface area contributed by atoms with Gasteiger partial charge in [-0.1, -0.05) is 11.6 Å². The van der Waals surface area contributed by atoms with Gasteiger partial charge < -0.3 is 19.6 Å². The number of carboxylic acid groups (broad SMARTS) is 1. The van der Waals surface area contributed by atoms with Crippen molar-refractivity contribution in [2.24, 2.45) is 9.98 Å². The Labute approximate surface area is 153 Å². The minimum atomic E-state index is -1.50. The van der Waals surface area contributed by atoms with Crippen LogP contribution in [0.15, 0.2) is 28.2 Å². The fraction of sp³-hybridized carbons (Fsp3) is 0.400. The summed E-state index contributed by atoms with van der Waals surface area (Å²) in [6.07, 6.45) is -2.50. The average Bonchev–Trinajstić information content (AvgIpc) is 2.61. The van der Waals surface area contributed by atoms with Crippen LogP contribution in [-0.4, -0.2) is 67.8 Å². The lowest BCUT2D eigenvalue weighted by molar-refractivity contribution is -0.0983. The van der Waals surface area contributed by atoms with Gasteiger partial charge in [-0.15, -0.1) is 15.0 Å². The predicted molar refractivity (Wildman–Crippen MR) is 91.1 cm³/mol. The summed E-state index contributed by atoms with van der Waals surface area (Å²) in [6, 6.07) is 6.94. The lowest BCUT2D eigenvalue weighted by atomic mass is 10.2. The molecule has 0 aliphatic carbocycles. The molecule has 11 heteroatoms. The number of benzene rings is 1. The van der Waals surface area contributed by atoms with E-state index in [2.05, 4.69) is 9.98 Å². The van der Waals surface area contributed by atoms with E-state index in [-0.39, 0.29) is 6.61 Å². The quantitative estimate of drug-likeness (QED) is 0.776. The predicted octanol–water partition coefficient (Wildman–Crippen LogP) is 2.71. The van der Waals surface area contributed by atoms with Crippen LogP contribution in [0, 0.1) is 0 Å². The molecule has 1 aromatic rings. The number of carbonyl (C=O) groups excluding carboxylic acids is 1. The number of hydroxylamine groups is 2. The van der Waals surface area contributed by atoms with Crippen LogP contribution in [0.4, 0.5) is 19.7 Å². The van der Waals surface area contributed by atoms with Gasteiger partial charge in [0.05, 0.1) is 18.1 Å². The highest BCUT2D eigenvalue weighted by Gasteiger charge is 2.21. The number of alkyl halides is 1. The van der Waals surface area contributed by atoms with Crippen molar-refractivity contribution in [1.29, 1.82) is 0 Å². The summed E-state index contributed by atoms with van der Waals surface area (Å²) >= 11 is 6.13. The molecule has 0 saturated carbocycles. The van der Waals surface area contributed by atoms with E-state index in [4.69, 9.17) is 26.3 Å². The van der Waals surface area contributed by atoms with Crippen molar-refractivity contribution in [3.8, 4) is 5.75 Å². The van der Waals surface area contributed by atoms with Crippen LogP contribution >= 0.6 is 11.6 Å². The van der Waals surface area contributed by atoms with Crippen LogP contribution in [0.25, 0.3) is 0 Å². The molecule has 1 saturated heterocycles. The highest BCUT2D eigenvalue weighted by Crippen LogP contribution is 2.30. The van der Waals surface area contributed by atoms with Gasteiger partial charge in [0.15, 0.2) is 0 Å². The van der Waals surface area contributed by atoms with E-state index in [0.717, 1.165) is 5.69 Å². The molecule has 0 bridgehead atoms. The van der Waals surface area contributed by atoms with E-state index in [9.17, 15) is 14.0 Å². The third kappa shape index (κ3) is 5.99. The van der Waals surface area contributed by atoms with Gasteiger partial charge in [0.25, 0.3) is 0 Å². The fourth-order valence-electron chi connectivity index (χ4n) is 2.23. The number of hydrogen-bond donors (Lipinski definition) is 1. The van der Waals surface area contributed by atoms with Crippen molar-refractivity contribution in [2.45, 2.75) is 0 Å². The van der Waals surface area contributed by atoms with E-state index in [1.54, 1.807) is 18.1 Å². The highest BCUT2D eigenvalue weighted by molar-refractivity contribution is 6.32. The Morgan fingerprint density at radius 1 is 1.27 bits per heavy atom. The van der Waals surface area contributed by atoms with E-state index in [1.807, 2.05) is 11.0 Å². The van der Waals surface area contributed by atoms with Crippen LogP contribution in [0.3, 0.4) is 0 Å². The lowest BCUT2D eigenvalue weighted by Crippen LogP contribution is -2.46. The SMILES string of the molecule is O=C(O)N=C=NC(=O)ON1CCN(c2ccc(OCCF)c(Cl)c2)CC1. The van der Waals surface area contributed by atoms with Crippen LogP contribution < -0.4 is 9.64 Å². The molecule has 1 N–H and O–H groups in total. The summed E-state index contributed by atoms with van der Waals surface area (Å²) in [5, 5.41) is 10.1. The second kappa shape index (κ2) is 9.71. The number of halogens is 2. The minimum absolute atomic E-state index is 0.0528. The Morgan fingerprint density at radius 3 is 2.62 bits per heavy atom. The van der Waals surface area contributed by atoms with Crippen molar-refractivity contribution in [1.82, 2.24) is 5.06 Å². The number of carbonyl (C=O) groups is 2. The molecule has 1 heterocycles. The van der Waals surface area contributed by atoms with Gasteiger partial charge in [-0.3, -0.25) is 0 Å². The Kier molecular flexibility index (Phi) is 7.34. The van der Waals surface area contributed by atoms with E-state index >= 15 is 0 Å². The maximum atomic E-state index is 12.2. The number of aliphatic imine (C=N–C) groups is 2. The molecular formula is C15H16ClFN4O5. The van der Waals surface area contributed by atoms with Gasteiger partial charge in [0.1, 0.15) is 25.0 Å². The molecule has 0 spiro atoms. The minimum Gasteiger partial charge on any atom is -0.489 e. The molecule has 0 aromatic heterocycles. The molecule has 26 heavy (non-hydrogen) atoms. The Bertz CT molecular complexity index is 718. The van der Waals surface area contributed by atoms with Crippen LogP contribution in [0.1, 0.15) is 0 Å². The van der Waals surface area contributed by atoms with Crippen molar-refractivity contribution in [2.75, 3.05) is 44.4 Å². The number of nitrogens with zero attached hydrogens (tertiary/aromatic N) is 4. The summed E-state index contributed by atoms with van der Waals surface area (Å²) in [5.74, 6) is 0.418. The molecule has 0 radical (unpaired) electrons. The van der Waals surface area contributed by atoms with Crippen molar-refractivity contribution in [3.05, 3.63) is 23.2 Å². The average molecular weight is 387 g/mol. The summed E-state index contributed by atoms with van der Waals surface area (Å²) in [7, 11) is 0. The number of hydrogen-bond acceptors (Lipinski definition) is 6. The van der Waals surface area contributed by atoms with Gasteiger partial charge >= 0.3 is 12.2 Å². The van der Waals surface area contributed by atoms with E-state index in [0.29, 0.717) is 37.0 Å². The monoisotopic (exact) mass is 386 g/mol. The van der Waals surface area contributed by atoms with Crippen LogP contribution in [0.5, 0.6) is 5.75 Å². The zero-order valence-corrected chi connectivity index (χ0v) is 14.4. The highest BCUT2D eigenvalue weighted by atomic mass is 35.5. The molecule has 1 aromatic carbocycles. The Morgan fingerprint density at radius 2 is 2.00 bits per heavy atom. The van der Waals surface area contributed by atoms with Crippen molar-refractivity contribution < 1.29 is 28.7 Å². The number of piperazine rings is 1. The van der Waals surface area contributed by atoms with E-state index < -0.39 is 18.9 Å². The zero-order valence-electron chi connectivity index (χ0n) is 13.6. The Balaban J connectivity index is 1.86. The number of amides is 2. The van der Waals surface area contributed by atoms with Crippen molar-refractivity contribution >= 4 is 35.5 Å². The second-order valence-electron chi connectivity index (χ2n) is 5.03. The maximum Gasteiger partial charge on any atom is 0.462 e. The van der Waals surface area contributed by atoms with Crippen molar-refractivity contribution in [3.63, 3.8) is 0 Å². The summed E-state index contributed by atoms with van der Waals surface area (Å²) in [5.41, 5.74) is 0.861. The van der Waals surface area contributed by atoms with Crippen LogP contribution in [-0.2, 0) is 4.84 Å². The third-order valence-electron chi connectivity index (χ3n) is 3.35. The standard InChI is InChI=1S/C15H16ClFN4O5/c16-12-9-11(1-2-13(12)25-8-3-17)20-4-6-21(7-5-20)26-15(24)19-10-18-14(22)23/h1-2,9H,3-8H2,(H,22,23). The van der Waals surface area contributed by atoms with E-state index in [1.165, 1.54) is 5.06 Å². The molecule has 2 amide bonds. The first-order chi connectivity index (χ1) is 12.5. The largest absolute Gasteiger partial charge is 0.489 e. The Hall–Kier alpha value is -2.68. The molecule has 2 rings (SSSR count). The van der Waals surface area contributed by atoms with Gasteiger partial charge in [0.2, 0.25) is 0 Å². The molecule has 140 valence electrons. The first-order valence-electron chi connectivity index (χ1n) is 7.59. The molecule has 1 aliphatic heterocycles. The first-order valence-corrected chi connectivity index (χ1v) is 7.97. The third-order valence-corrected chi connectivity index (χ3v) is 3.64. The molecule has 9 nitrogen and oxygen atoms in total. The first kappa shape index (κ1) is 19.6. The molecular weight excluding hydrogens is 371 g/mol. The molecule has 0 unspecified atom stereocenters. The summed E-state index contributed by atoms with van der Waals surface area (Å²) < 4.78 is 17.3. The molecule has 0 atom stereocenters. The second-order valence-corrected chi connectivity index (χ2v) is 5.44.